The average Bonchev–Trinajstić information content (AvgIpc) is 1.31. The highest BCUT2D eigenvalue weighted by Gasteiger charge is 2.05. The van der Waals surface area contributed by atoms with Crippen LogP contribution in [0, 0.1) is 0 Å². The van der Waals surface area contributed by atoms with Crippen LogP contribution in [0.25, 0.3) is 0 Å². The number of hydrogen-bond acceptors (Lipinski definition) is 2. The highest BCUT2D eigenvalue weighted by molar-refractivity contribution is 8.17. The number of rotatable bonds is 1. The lowest BCUT2D eigenvalue weighted by Crippen LogP contribution is -1.82. The highest BCUT2D eigenvalue weighted by atomic mass is 35.7. The Hall–Kier alpha value is 0.270. The fourth-order valence-electron chi connectivity index (χ4n) is 0. The van der Waals surface area contributed by atoms with E-state index in [2.05, 4.69) is 17.3 Å². The first kappa shape index (κ1) is 7.27. The summed E-state index contributed by atoms with van der Waals surface area (Å²) in [6.07, 6.45) is 0. The Labute approximate surface area is 51.2 Å². The van der Waals surface area contributed by atoms with Gasteiger partial charge >= 0.3 is 0 Å². The van der Waals surface area contributed by atoms with Gasteiger partial charge in [-0.25, -0.2) is 8.42 Å². The van der Waals surface area contributed by atoms with Gasteiger partial charge in [-0.05, 0) is 0 Å². The molecule has 0 amide bonds. The van der Waals surface area contributed by atoms with Crippen LogP contribution in [-0.4, -0.2) is 8.42 Å². The van der Waals surface area contributed by atoms with Gasteiger partial charge in [0.2, 0.25) is 0 Å². The zero-order chi connectivity index (χ0) is 6.08. The van der Waals surface area contributed by atoms with Gasteiger partial charge in [-0.15, -0.1) is 0 Å². The van der Waals surface area contributed by atoms with Gasteiger partial charge in [-0.3, -0.25) is 0 Å². The van der Waals surface area contributed by atoms with Gasteiger partial charge in [0.05, 0.1) is 0 Å². The number of hydrogen-bond donors (Lipinski definition) is 0. The predicted molar refractivity (Wildman–Crippen MR) is 29.8 cm³/mol. The van der Waals surface area contributed by atoms with E-state index in [0.29, 0.717) is 0 Å². The Morgan fingerprint density at radius 3 is 1.71 bits per heavy atom. The summed E-state index contributed by atoms with van der Waals surface area (Å²) < 4.78 is 19.2. The van der Waals surface area contributed by atoms with E-state index in [-0.39, 0.29) is 0 Å². The predicted octanol–water partition coefficient (Wildman–Crippen LogP) is 1.27. The molecule has 0 aliphatic carbocycles. The van der Waals surface area contributed by atoms with Crippen LogP contribution in [0.5, 0.6) is 0 Å². The maximum absolute atomic E-state index is 9.86. The first-order valence-corrected chi connectivity index (χ1v) is 3.92. The van der Waals surface area contributed by atoms with Crippen molar-refractivity contribution < 1.29 is 8.42 Å². The quantitative estimate of drug-likeness (QED) is 0.542. The lowest BCUT2D eigenvalue weighted by Gasteiger charge is -1.81. The molecule has 7 heavy (non-hydrogen) atoms. The maximum Gasteiger partial charge on any atom is 0.271 e. The molecule has 2 nitrogen and oxygen atoms in total. The van der Waals surface area contributed by atoms with E-state index in [1.165, 1.54) is 0 Å². The molecular formula is C2H2Cl2O2S. The molecule has 0 aliphatic heterocycles. The van der Waals surface area contributed by atoms with Gasteiger partial charge in [0, 0.05) is 10.7 Å². The first-order chi connectivity index (χ1) is 2.94. The average molecular weight is 161 g/mol. The second-order valence-corrected chi connectivity index (χ2v) is 4.06. The summed E-state index contributed by atoms with van der Waals surface area (Å²) >= 11 is 4.84. The van der Waals surface area contributed by atoms with Crippen LogP contribution >= 0.6 is 22.3 Å². The van der Waals surface area contributed by atoms with Crippen molar-refractivity contribution in [3.8, 4) is 0 Å². The smallest absolute Gasteiger partial charge is 0.206 e. The van der Waals surface area contributed by atoms with Gasteiger partial charge in [0.25, 0.3) is 9.05 Å². The SMILES string of the molecule is C=C(Cl)S(=O)(=O)Cl. The molecule has 0 rings (SSSR count). The first-order valence-electron chi connectivity index (χ1n) is 1.23. The van der Waals surface area contributed by atoms with Gasteiger partial charge in [0.1, 0.15) is 4.36 Å². The van der Waals surface area contributed by atoms with Crippen molar-refractivity contribution in [2.75, 3.05) is 0 Å². The van der Waals surface area contributed by atoms with Crippen LogP contribution in [0.4, 0.5) is 0 Å². The largest absolute Gasteiger partial charge is 0.271 e. The Bertz CT molecular complexity index is 168. The second-order valence-electron chi connectivity index (χ2n) is 0.793. The van der Waals surface area contributed by atoms with Crippen LogP contribution in [0.2, 0.25) is 0 Å². The topological polar surface area (TPSA) is 34.1 Å². The normalized spacial score (nSPS) is 11.1. The molecule has 5 heteroatoms. The molecule has 0 bridgehead atoms. The molecule has 42 valence electrons. The molecule has 0 spiro atoms. The Kier molecular flexibility index (Phi) is 2.10. The van der Waals surface area contributed by atoms with E-state index < -0.39 is 13.4 Å². The molecule has 0 unspecified atom stereocenters. The van der Waals surface area contributed by atoms with E-state index in [4.69, 9.17) is 11.6 Å². The van der Waals surface area contributed by atoms with Gasteiger partial charge in [-0.2, -0.15) is 0 Å². The van der Waals surface area contributed by atoms with Crippen molar-refractivity contribution in [2.24, 2.45) is 0 Å². The monoisotopic (exact) mass is 160 g/mol. The third-order valence-electron chi connectivity index (χ3n) is 0.265. The fourth-order valence-corrected chi connectivity index (χ4v) is 0. The lowest BCUT2D eigenvalue weighted by molar-refractivity contribution is 0.616. The third kappa shape index (κ3) is 2.91. The Balaban J connectivity index is 4.43. The van der Waals surface area contributed by atoms with E-state index >= 15 is 0 Å². The summed E-state index contributed by atoms with van der Waals surface area (Å²) in [5.41, 5.74) is 0. The molecule has 0 saturated heterocycles. The van der Waals surface area contributed by atoms with Gasteiger partial charge in [-0.1, -0.05) is 18.2 Å². The lowest BCUT2D eigenvalue weighted by atomic mass is 11.3. The summed E-state index contributed by atoms with van der Waals surface area (Å²) in [4.78, 5) is 0. The van der Waals surface area contributed by atoms with Gasteiger partial charge in [0.15, 0.2) is 0 Å². The minimum Gasteiger partial charge on any atom is -0.206 e. The van der Waals surface area contributed by atoms with Crippen LogP contribution in [-0.2, 0) is 9.05 Å². The van der Waals surface area contributed by atoms with Crippen molar-refractivity contribution in [3.63, 3.8) is 0 Å². The Morgan fingerprint density at radius 2 is 1.71 bits per heavy atom. The molecule has 0 saturated carbocycles. The van der Waals surface area contributed by atoms with Gasteiger partial charge < -0.3 is 0 Å². The van der Waals surface area contributed by atoms with Crippen molar-refractivity contribution in [2.45, 2.75) is 0 Å². The molecule has 0 fully saturated rings. The molecule has 0 aromatic heterocycles. The van der Waals surface area contributed by atoms with E-state index in [1.54, 1.807) is 0 Å². The van der Waals surface area contributed by atoms with Crippen molar-refractivity contribution in [3.05, 3.63) is 10.9 Å². The zero-order valence-corrected chi connectivity index (χ0v) is 5.52. The van der Waals surface area contributed by atoms with E-state index in [0.717, 1.165) is 0 Å². The molecule has 0 radical (unpaired) electrons. The summed E-state index contributed by atoms with van der Waals surface area (Å²) in [6, 6.07) is 0. The molecule has 0 N–H and O–H groups in total. The van der Waals surface area contributed by atoms with Crippen molar-refractivity contribution in [1.82, 2.24) is 0 Å². The summed E-state index contributed by atoms with van der Waals surface area (Å²) in [7, 11) is 0.911. The fraction of sp³-hybridized carbons (Fsp3) is 0. The van der Waals surface area contributed by atoms with Crippen molar-refractivity contribution in [1.29, 1.82) is 0 Å². The minimum absolute atomic E-state index is 0.547. The molecule has 0 aromatic carbocycles. The summed E-state index contributed by atoms with van der Waals surface area (Å²) in [5, 5.41) is 0. The van der Waals surface area contributed by atoms with Crippen LogP contribution in [0.1, 0.15) is 0 Å². The van der Waals surface area contributed by atoms with Crippen LogP contribution < -0.4 is 0 Å². The zero-order valence-electron chi connectivity index (χ0n) is 3.19. The molecular weight excluding hydrogens is 159 g/mol. The van der Waals surface area contributed by atoms with E-state index in [9.17, 15) is 8.42 Å². The maximum atomic E-state index is 9.86. The Morgan fingerprint density at radius 1 is 1.57 bits per heavy atom. The van der Waals surface area contributed by atoms with Crippen molar-refractivity contribution >= 4 is 31.3 Å². The molecule has 0 aromatic rings. The minimum atomic E-state index is -3.70. The third-order valence-corrected chi connectivity index (χ3v) is 2.20. The van der Waals surface area contributed by atoms with Crippen LogP contribution in [0.15, 0.2) is 10.9 Å². The summed E-state index contributed by atoms with van der Waals surface area (Å²) in [6.45, 7) is 2.87. The van der Waals surface area contributed by atoms with Crippen LogP contribution in [0.3, 0.4) is 0 Å². The molecule has 0 heterocycles. The standard InChI is InChI=1S/C2H2Cl2O2S/c1-2(3)7(4,5)6/h1H2. The number of halogens is 2. The highest BCUT2D eigenvalue weighted by Crippen LogP contribution is 2.11. The molecule has 0 aliphatic rings. The summed E-state index contributed by atoms with van der Waals surface area (Å²) in [5.74, 6) is 0. The molecule has 0 atom stereocenters. The second kappa shape index (κ2) is 2.03. The van der Waals surface area contributed by atoms with E-state index in [1.807, 2.05) is 0 Å².